The lowest BCUT2D eigenvalue weighted by atomic mass is 9.90. The van der Waals surface area contributed by atoms with Crippen molar-refractivity contribution in [2.24, 2.45) is 5.73 Å². The standard InChI is InChI=1S/C23H23F2N3/c24-20-6-5-18(15-3-4-16(11-26)21(25)9-15)22(14-1-2-14)19(20)12-28-13-23(27)8-7-17(28)10-23/h3-6,9,14,17H,1-2,7-8,10,12-13,27H2/t17-,23-/m0/s1. The number of nitrogens with two attached hydrogens (primary N) is 1. The van der Waals surface area contributed by atoms with Crippen LogP contribution in [0.5, 0.6) is 0 Å². The van der Waals surface area contributed by atoms with E-state index in [1.807, 2.05) is 6.07 Å². The van der Waals surface area contributed by atoms with Crippen molar-refractivity contribution in [2.45, 2.75) is 56.1 Å². The summed E-state index contributed by atoms with van der Waals surface area (Å²) in [6.07, 6.45) is 5.20. The second kappa shape index (κ2) is 6.37. The Balaban J connectivity index is 1.56. The second-order valence-corrected chi connectivity index (χ2v) is 8.73. The summed E-state index contributed by atoms with van der Waals surface area (Å²) in [4.78, 5) is 2.33. The highest BCUT2D eigenvalue weighted by atomic mass is 19.1. The van der Waals surface area contributed by atoms with E-state index in [2.05, 4.69) is 4.90 Å². The van der Waals surface area contributed by atoms with Crippen LogP contribution in [-0.4, -0.2) is 23.0 Å². The highest BCUT2D eigenvalue weighted by Gasteiger charge is 2.47. The third-order valence-electron chi connectivity index (χ3n) is 6.70. The van der Waals surface area contributed by atoms with Gasteiger partial charge in [-0.2, -0.15) is 5.26 Å². The van der Waals surface area contributed by atoms with Gasteiger partial charge in [-0.05, 0) is 72.9 Å². The highest BCUT2D eigenvalue weighted by molar-refractivity contribution is 5.71. The fourth-order valence-corrected chi connectivity index (χ4v) is 5.17. The molecule has 0 amide bonds. The zero-order valence-corrected chi connectivity index (χ0v) is 15.7. The molecule has 2 aromatic carbocycles. The van der Waals surface area contributed by atoms with Gasteiger partial charge in [-0.3, -0.25) is 4.90 Å². The summed E-state index contributed by atoms with van der Waals surface area (Å²) in [5.41, 5.74) is 9.70. The highest BCUT2D eigenvalue weighted by Crippen LogP contribution is 2.48. The molecule has 1 heterocycles. The minimum absolute atomic E-state index is 0.0281. The molecule has 2 N–H and O–H groups in total. The van der Waals surface area contributed by atoms with Crippen molar-refractivity contribution in [2.75, 3.05) is 6.54 Å². The first-order valence-corrected chi connectivity index (χ1v) is 10.0. The van der Waals surface area contributed by atoms with Crippen LogP contribution in [0.4, 0.5) is 8.78 Å². The Morgan fingerprint density at radius 1 is 1.14 bits per heavy atom. The molecule has 2 saturated carbocycles. The van der Waals surface area contributed by atoms with Crippen LogP contribution in [0.3, 0.4) is 0 Å². The molecule has 3 aliphatic rings. The van der Waals surface area contributed by atoms with Crippen molar-refractivity contribution >= 4 is 0 Å². The minimum atomic E-state index is -0.533. The monoisotopic (exact) mass is 379 g/mol. The number of halogens is 2. The lowest BCUT2D eigenvalue weighted by Crippen LogP contribution is -2.44. The van der Waals surface area contributed by atoms with Crippen molar-refractivity contribution in [1.82, 2.24) is 4.90 Å². The zero-order valence-electron chi connectivity index (χ0n) is 15.7. The number of rotatable bonds is 4. The fourth-order valence-electron chi connectivity index (χ4n) is 5.17. The fraction of sp³-hybridized carbons (Fsp3) is 0.435. The Labute approximate surface area is 163 Å². The predicted octanol–water partition coefficient (Wildman–Crippen LogP) is 4.45. The molecule has 0 unspecified atom stereocenters. The first-order chi connectivity index (χ1) is 13.5. The first kappa shape index (κ1) is 17.8. The number of piperidine rings is 1. The molecule has 144 valence electrons. The normalized spacial score (nSPS) is 26.6. The van der Waals surface area contributed by atoms with E-state index in [1.165, 1.54) is 18.2 Å². The van der Waals surface area contributed by atoms with Gasteiger partial charge < -0.3 is 5.73 Å². The van der Waals surface area contributed by atoms with Crippen molar-refractivity contribution in [3.8, 4) is 17.2 Å². The van der Waals surface area contributed by atoms with E-state index in [0.29, 0.717) is 24.1 Å². The van der Waals surface area contributed by atoms with Gasteiger partial charge in [0.1, 0.15) is 17.7 Å². The van der Waals surface area contributed by atoms with Gasteiger partial charge in [0.25, 0.3) is 0 Å². The maximum atomic E-state index is 14.9. The van der Waals surface area contributed by atoms with Crippen LogP contribution in [-0.2, 0) is 6.54 Å². The minimum Gasteiger partial charge on any atom is -0.324 e. The summed E-state index contributed by atoms with van der Waals surface area (Å²) in [7, 11) is 0. The van der Waals surface area contributed by atoms with E-state index >= 15 is 0 Å². The van der Waals surface area contributed by atoms with Gasteiger partial charge in [-0.25, -0.2) is 8.78 Å². The van der Waals surface area contributed by atoms with E-state index in [4.69, 9.17) is 11.0 Å². The third kappa shape index (κ3) is 2.92. The molecule has 0 radical (unpaired) electrons. The topological polar surface area (TPSA) is 53.0 Å². The summed E-state index contributed by atoms with van der Waals surface area (Å²) >= 11 is 0. The molecular formula is C23H23F2N3. The van der Waals surface area contributed by atoms with Gasteiger partial charge in [0.2, 0.25) is 0 Å². The summed E-state index contributed by atoms with van der Waals surface area (Å²) < 4.78 is 29.2. The molecule has 3 fully saturated rings. The molecule has 3 nitrogen and oxygen atoms in total. The largest absolute Gasteiger partial charge is 0.324 e. The Morgan fingerprint density at radius 3 is 2.57 bits per heavy atom. The van der Waals surface area contributed by atoms with Crippen molar-refractivity contribution in [3.63, 3.8) is 0 Å². The van der Waals surface area contributed by atoms with Gasteiger partial charge in [0, 0.05) is 30.2 Å². The van der Waals surface area contributed by atoms with Crippen LogP contribution in [0.1, 0.15) is 54.7 Å². The van der Waals surface area contributed by atoms with Gasteiger partial charge in [0.15, 0.2) is 0 Å². The molecule has 2 aliphatic carbocycles. The van der Waals surface area contributed by atoms with Crippen molar-refractivity contribution in [1.29, 1.82) is 5.26 Å². The lowest BCUT2D eigenvalue weighted by molar-refractivity contribution is 0.193. The van der Waals surface area contributed by atoms with Crippen LogP contribution in [0.25, 0.3) is 11.1 Å². The van der Waals surface area contributed by atoms with Crippen molar-refractivity contribution < 1.29 is 8.78 Å². The van der Waals surface area contributed by atoms with Gasteiger partial charge in [-0.1, -0.05) is 12.1 Å². The maximum absolute atomic E-state index is 14.9. The molecule has 2 bridgehead atoms. The molecule has 1 saturated heterocycles. The van der Waals surface area contributed by atoms with Crippen LogP contribution < -0.4 is 5.73 Å². The van der Waals surface area contributed by atoms with Gasteiger partial charge in [0.05, 0.1) is 5.56 Å². The molecule has 0 spiro atoms. The van der Waals surface area contributed by atoms with Crippen LogP contribution >= 0.6 is 0 Å². The van der Waals surface area contributed by atoms with Gasteiger partial charge >= 0.3 is 0 Å². The Hall–Kier alpha value is -2.29. The Kier molecular flexibility index (Phi) is 4.04. The Bertz CT molecular complexity index is 992. The number of hydrogen-bond donors (Lipinski definition) is 1. The SMILES string of the molecule is N#Cc1ccc(-c2ccc(F)c(CN3C[C@]4(N)CC[C@H]3C4)c2C2CC2)cc1F. The third-order valence-corrected chi connectivity index (χ3v) is 6.70. The van der Waals surface area contributed by atoms with E-state index in [9.17, 15) is 8.78 Å². The summed E-state index contributed by atoms with van der Waals surface area (Å²) in [6, 6.07) is 10.2. The van der Waals surface area contributed by atoms with Crippen LogP contribution in [0.15, 0.2) is 30.3 Å². The zero-order chi connectivity index (χ0) is 19.5. The van der Waals surface area contributed by atoms with E-state index in [-0.39, 0.29) is 16.9 Å². The van der Waals surface area contributed by atoms with Crippen molar-refractivity contribution in [3.05, 3.63) is 58.7 Å². The van der Waals surface area contributed by atoms with Gasteiger partial charge in [-0.15, -0.1) is 0 Å². The van der Waals surface area contributed by atoms with E-state index in [0.717, 1.165) is 55.3 Å². The van der Waals surface area contributed by atoms with E-state index < -0.39 is 5.82 Å². The molecule has 28 heavy (non-hydrogen) atoms. The smallest absolute Gasteiger partial charge is 0.141 e. The average Bonchev–Trinajstić information content (AvgIpc) is 3.37. The summed E-state index contributed by atoms with van der Waals surface area (Å²) in [5.74, 6) is -0.394. The molecule has 1 aliphatic heterocycles. The molecule has 2 aromatic rings. The summed E-state index contributed by atoms with van der Waals surface area (Å²) in [5, 5.41) is 8.99. The number of nitriles is 1. The number of nitrogens with zero attached hydrogens (tertiary/aromatic N) is 2. The molecule has 5 heteroatoms. The summed E-state index contributed by atoms with van der Waals surface area (Å²) in [6.45, 7) is 1.38. The molecule has 5 rings (SSSR count). The predicted molar refractivity (Wildman–Crippen MR) is 103 cm³/mol. The molecule has 0 aromatic heterocycles. The average molecular weight is 379 g/mol. The second-order valence-electron chi connectivity index (χ2n) is 8.73. The maximum Gasteiger partial charge on any atom is 0.141 e. The number of fused-ring (bicyclic) bond motifs is 2. The number of likely N-dealkylation sites (tertiary alicyclic amines) is 1. The first-order valence-electron chi connectivity index (χ1n) is 10.0. The molecular weight excluding hydrogens is 356 g/mol. The van der Waals surface area contributed by atoms with Crippen LogP contribution in [0, 0.1) is 23.0 Å². The Morgan fingerprint density at radius 2 is 1.96 bits per heavy atom. The van der Waals surface area contributed by atoms with E-state index in [1.54, 1.807) is 12.1 Å². The number of benzene rings is 2. The number of hydrogen-bond acceptors (Lipinski definition) is 3. The van der Waals surface area contributed by atoms with Crippen LogP contribution in [0.2, 0.25) is 0 Å². The lowest BCUT2D eigenvalue weighted by Gasteiger charge is -2.31. The molecule has 2 atom stereocenters. The quantitative estimate of drug-likeness (QED) is 0.854.